The highest BCUT2D eigenvalue weighted by Crippen LogP contribution is 2.26. The molecule has 2 aromatic rings. The van der Waals surface area contributed by atoms with Crippen molar-refractivity contribution in [3.8, 4) is 0 Å². The van der Waals surface area contributed by atoms with Crippen LogP contribution in [0, 0.1) is 0 Å². The Morgan fingerprint density at radius 1 is 1.24 bits per heavy atom. The Balaban J connectivity index is 1.68. The number of rotatable bonds is 3. The number of thiophene rings is 1. The maximum Gasteiger partial charge on any atom is 0.265 e. The Morgan fingerprint density at radius 3 is 2.71 bits per heavy atom. The number of piperidine rings is 1. The highest BCUT2D eigenvalue weighted by atomic mass is 32.1. The largest absolute Gasteiger partial charge is 0.369 e. The molecule has 1 aromatic carbocycles. The number of benzene rings is 1. The molecule has 4 heteroatoms. The maximum absolute atomic E-state index is 12.0. The second kappa shape index (κ2) is 6.31. The van der Waals surface area contributed by atoms with E-state index in [4.69, 9.17) is 0 Å². The van der Waals surface area contributed by atoms with Crippen LogP contribution < -0.4 is 10.2 Å². The third kappa shape index (κ3) is 3.27. The lowest BCUT2D eigenvalue weighted by Gasteiger charge is -2.35. The minimum atomic E-state index is -0.0379. The van der Waals surface area contributed by atoms with Crippen LogP contribution in [0.4, 0.5) is 11.4 Å². The van der Waals surface area contributed by atoms with Crippen molar-refractivity contribution in [2.75, 3.05) is 16.8 Å². The topological polar surface area (TPSA) is 32.3 Å². The average molecular weight is 300 g/mol. The van der Waals surface area contributed by atoms with Crippen molar-refractivity contribution in [1.82, 2.24) is 0 Å². The van der Waals surface area contributed by atoms with E-state index in [2.05, 4.69) is 29.3 Å². The minimum Gasteiger partial charge on any atom is -0.369 e. The van der Waals surface area contributed by atoms with Crippen LogP contribution in [0.3, 0.4) is 0 Å². The fourth-order valence-corrected chi connectivity index (χ4v) is 3.44. The van der Waals surface area contributed by atoms with Crippen molar-refractivity contribution >= 4 is 28.6 Å². The summed E-state index contributed by atoms with van der Waals surface area (Å²) in [6.07, 6.45) is 3.85. The molecule has 0 saturated carbocycles. The molecule has 1 fully saturated rings. The summed E-state index contributed by atoms with van der Waals surface area (Å²) in [6, 6.07) is 12.5. The summed E-state index contributed by atoms with van der Waals surface area (Å²) in [4.78, 5) is 15.2. The molecule has 0 aliphatic carbocycles. The lowest BCUT2D eigenvalue weighted by atomic mass is 10.0. The molecule has 1 amide bonds. The molecule has 1 aliphatic heterocycles. The van der Waals surface area contributed by atoms with Crippen LogP contribution in [0.1, 0.15) is 35.9 Å². The number of hydrogen-bond acceptors (Lipinski definition) is 3. The van der Waals surface area contributed by atoms with Gasteiger partial charge in [0.05, 0.1) is 4.88 Å². The summed E-state index contributed by atoms with van der Waals surface area (Å²) in [5.41, 5.74) is 2.10. The molecule has 0 radical (unpaired) electrons. The van der Waals surface area contributed by atoms with Gasteiger partial charge in [-0.15, -0.1) is 11.3 Å². The number of anilines is 2. The maximum atomic E-state index is 12.0. The van der Waals surface area contributed by atoms with E-state index in [0.29, 0.717) is 6.04 Å². The van der Waals surface area contributed by atoms with Gasteiger partial charge in [0.2, 0.25) is 0 Å². The molecule has 1 unspecified atom stereocenters. The molecule has 21 heavy (non-hydrogen) atoms. The summed E-state index contributed by atoms with van der Waals surface area (Å²) in [5, 5.41) is 4.85. The van der Waals surface area contributed by atoms with E-state index < -0.39 is 0 Å². The van der Waals surface area contributed by atoms with Gasteiger partial charge >= 0.3 is 0 Å². The average Bonchev–Trinajstić information content (AvgIpc) is 3.03. The molecule has 2 heterocycles. The van der Waals surface area contributed by atoms with E-state index in [1.54, 1.807) is 0 Å². The fraction of sp³-hybridized carbons (Fsp3) is 0.353. The molecule has 1 aromatic heterocycles. The Kier molecular flexibility index (Phi) is 4.25. The first kappa shape index (κ1) is 14.1. The van der Waals surface area contributed by atoms with Crippen LogP contribution in [0.2, 0.25) is 0 Å². The molecule has 110 valence electrons. The number of carbonyl (C=O) groups excluding carboxylic acids is 1. The molecule has 3 nitrogen and oxygen atoms in total. The smallest absolute Gasteiger partial charge is 0.265 e. The Labute approximate surface area is 129 Å². The molecule has 3 rings (SSSR count). The van der Waals surface area contributed by atoms with Gasteiger partial charge in [0, 0.05) is 24.0 Å². The first-order chi connectivity index (χ1) is 10.2. The lowest BCUT2D eigenvalue weighted by molar-refractivity contribution is 0.103. The van der Waals surface area contributed by atoms with Crippen molar-refractivity contribution < 1.29 is 4.79 Å². The van der Waals surface area contributed by atoms with Gasteiger partial charge in [0.15, 0.2) is 0 Å². The SMILES string of the molecule is CC1CCCCN1c1ccc(NC(=O)c2cccs2)cc1. The van der Waals surface area contributed by atoms with Gasteiger partial charge in [-0.2, -0.15) is 0 Å². The summed E-state index contributed by atoms with van der Waals surface area (Å²) in [6.45, 7) is 3.41. The molecular formula is C17H20N2OS. The Morgan fingerprint density at radius 2 is 2.05 bits per heavy atom. The number of nitrogens with one attached hydrogen (secondary N) is 1. The van der Waals surface area contributed by atoms with E-state index in [-0.39, 0.29) is 5.91 Å². The van der Waals surface area contributed by atoms with Crippen molar-refractivity contribution in [1.29, 1.82) is 0 Å². The van der Waals surface area contributed by atoms with Gasteiger partial charge < -0.3 is 10.2 Å². The summed E-state index contributed by atoms with van der Waals surface area (Å²) in [7, 11) is 0. The zero-order valence-electron chi connectivity index (χ0n) is 12.2. The van der Waals surface area contributed by atoms with Gasteiger partial charge in [-0.05, 0) is 61.9 Å². The summed E-state index contributed by atoms with van der Waals surface area (Å²) < 4.78 is 0. The molecule has 1 N–H and O–H groups in total. The Hall–Kier alpha value is -1.81. The van der Waals surface area contributed by atoms with Crippen LogP contribution in [-0.4, -0.2) is 18.5 Å². The predicted molar refractivity (Wildman–Crippen MR) is 89.4 cm³/mol. The normalized spacial score (nSPS) is 18.5. The quantitative estimate of drug-likeness (QED) is 0.912. The monoisotopic (exact) mass is 300 g/mol. The van der Waals surface area contributed by atoms with Gasteiger partial charge in [0.1, 0.15) is 0 Å². The van der Waals surface area contributed by atoms with Crippen molar-refractivity contribution in [3.63, 3.8) is 0 Å². The third-order valence-electron chi connectivity index (χ3n) is 4.00. The van der Waals surface area contributed by atoms with Crippen LogP contribution >= 0.6 is 11.3 Å². The number of amides is 1. The van der Waals surface area contributed by atoms with Gasteiger partial charge in [-0.1, -0.05) is 6.07 Å². The second-order valence-electron chi connectivity index (χ2n) is 5.52. The zero-order valence-corrected chi connectivity index (χ0v) is 13.0. The Bertz CT molecular complexity index is 592. The van der Waals surface area contributed by atoms with Crippen molar-refractivity contribution in [2.24, 2.45) is 0 Å². The van der Waals surface area contributed by atoms with E-state index in [0.717, 1.165) is 17.1 Å². The molecular weight excluding hydrogens is 280 g/mol. The zero-order chi connectivity index (χ0) is 14.7. The minimum absolute atomic E-state index is 0.0379. The van der Waals surface area contributed by atoms with Crippen LogP contribution in [-0.2, 0) is 0 Å². The van der Waals surface area contributed by atoms with Crippen molar-refractivity contribution in [2.45, 2.75) is 32.2 Å². The first-order valence-corrected chi connectivity index (χ1v) is 8.33. The fourth-order valence-electron chi connectivity index (χ4n) is 2.82. The van der Waals surface area contributed by atoms with Crippen LogP contribution in [0.25, 0.3) is 0 Å². The predicted octanol–water partition coefficient (Wildman–Crippen LogP) is 4.38. The molecule has 0 bridgehead atoms. The summed E-state index contributed by atoms with van der Waals surface area (Å²) in [5.74, 6) is -0.0379. The van der Waals surface area contributed by atoms with E-state index >= 15 is 0 Å². The number of nitrogens with zero attached hydrogens (tertiary/aromatic N) is 1. The van der Waals surface area contributed by atoms with E-state index in [1.165, 1.54) is 36.3 Å². The van der Waals surface area contributed by atoms with E-state index in [1.807, 2.05) is 29.6 Å². The third-order valence-corrected chi connectivity index (χ3v) is 4.87. The van der Waals surface area contributed by atoms with Crippen molar-refractivity contribution in [3.05, 3.63) is 46.7 Å². The molecule has 0 spiro atoms. The second-order valence-corrected chi connectivity index (χ2v) is 6.46. The van der Waals surface area contributed by atoms with Gasteiger partial charge in [-0.25, -0.2) is 0 Å². The molecule has 1 aliphatic rings. The molecule has 1 saturated heterocycles. The van der Waals surface area contributed by atoms with Crippen LogP contribution in [0.5, 0.6) is 0 Å². The highest BCUT2D eigenvalue weighted by molar-refractivity contribution is 7.12. The van der Waals surface area contributed by atoms with Gasteiger partial charge in [0.25, 0.3) is 5.91 Å². The lowest BCUT2D eigenvalue weighted by Crippen LogP contribution is -2.37. The highest BCUT2D eigenvalue weighted by Gasteiger charge is 2.18. The molecule has 1 atom stereocenters. The number of carbonyl (C=O) groups is 1. The van der Waals surface area contributed by atoms with E-state index in [9.17, 15) is 4.79 Å². The standard InChI is InChI=1S/C17H20N2OS/c1-13-5-2-3-11-19(13)15-9-7-14(8-10-15)18-17(20)16-6-4-12-21-16/h4,6-10,12-13H,2-3,5,11H2,1H3,(H,18,20). The number of hydrogen-bond donors (Lipinski definition) is 1. The summed E-state index contributed by atoms with van der Waals surface area (Å²) >= 11 is 1.46. The first-order valence-electron chi connectivity index (χ1n) is 7.45. The van der Waals surface area contributed by atoms with Gasteiger partial charge in [-0.3, -0.25) is 4.79 Å². The van der Waals surface area contributed by atoms with Crippen LogP contribution in [0.15, 0.2) is 41.8 Å².